The number of nitrogens with zero attached hydrogens (tertiary/aromatic N) is 2. The molecular formula is C18H13Cl2N3O2. The van der Waals surface area contributed by atoms with Gasteiger partial charge in [-0.3, -0.25) is 0 Å². The topological polar surface area (TPSA) is 56.3 Å². The van der Waals surface area contributed by atoms with E-state index in [-0.39, 0.29) is 10.3 Å². The Kier molecular flexibility index (Phi) is 4.34. The van der Waals surface area contributed by atoms with Crippen molar-refractivity contribution in [2.75, 3.05) is 18.5 Å². The minimum absolute atomic E-state index is 0.259. The Morgan fingerprint density at radius 2 is 1.52 bits per heavy atom. The van der Waals surface area contributed by atoms with Gasteiger partial charge in [-0.25, -0.2) is 9.97 Å². The predicted molar refractivity (Wildman–Crippen MR) is 98.2 cm³/mol. The van der Waals surface area contributed by atoms with E-state index in [1.54, 1.807) is 0 Å². The maximum atomic E-state index is 6.37. The van der Waals surface area contributed by atoms with E-state index in [0.29, 0.717) is 36.2 Å². The highest BCUT2D eigenvalue weighted by Crippen LogP contribution is 2.39. The first kappa shape index (κ1) is 16.0. The number of halogens is 2. The zero-order valence-corrected chi connectivity index (χ0v) is 14.5. The maximum Gasteiger partial charge on any atom is 0.230 e. The number of nitrogens with one attached hydrogen (secondary N) is 1. The van der Waals surface area contributed by atoms with Crippen LogP contribution in [0.25, 0.3) is 11.1 Å². The predicted octanol–water partition coefficient (Wildman–Crippen LogP) is 4.97. The smallest absolute Gasteiger partial charge is 0.230 e. The molecule has 25 heavy (non-hydrogen) atoms. The summed E-state index contributed by atoms with van der Waals surface area (Å²) in [5.41, 5.74) is 2.17. The van der Waals surface area contributed by atoms with Crippen LogP contribution in [0.15, 0.2) is 48.5 Å². The third kappa shape index (κ3) is 3.34. The second-order valence-corrected chi connectivity index (χ2v) is 6.07. The molecule has 126 valence electrons. The molecule has 2 aromatic carbocycles. The molecule has 4 rings (SSSR count). The van der Waals surface area contributed by atoms with Gasteiger partial charge in [-0.1, -0.05) is 47.5 Å². The van der Waals surface area contributed by atoms with E-state index in [1.807, 2.05) is 48.5 Å². The summed E-state index contributed by atoms with van der Waals surface area (Å²) in [4.78, 5) is 8.61. The molecule has 0 fully saturated rings. The molecule has 7 heteroatoms. The van der Waals surface area contributed by atoms with Gasteiger partial charge in [0.2, 0.25) is 5.95 Å². The number of rotatable bonds is 3. The molecule has 0 atom stereocenters. The average Bonchev–Trinajstić information content (AvgIpc) is 2.62. The van der Waals surface area contributed by atoms with Crippen LogP contribution in [0, 0.1) is 0 Å². The van der Waals surface area contributed by atoms with Crippen LogP contribution in [0.4, 0.5) is 11.6 Å². The number of para-hydroxylation sites is 1. The molecule has 3 aromatic rings. The Morgan fingerprint density at radius 3 is 2.24 bits per heavy atom. The van der Waals surface area contributed by atoms with E-state index in [9.17, 15) is 0 Å². The maximum absolute atomic E-state index is 6.37. The van der Waals surface area contributed by atoms with Crippen LogP contribution in [0.5, 0.6) is 11.5 Å². The number of benzene rings is 2. The molecule has 1 aliphatic rings. The normalized spacial score (nSPS) is 12.7. The van der Waals surface area contributed by atoms with E-state index >= 15 is 0 Å². The molecule has 5 nitrogen and oxygen atoms in total. The number of fused-ring (bicyclic) bond motifs is 1. The van der Waals surface area contributed by atoms with Crippen LogP contribution < -0.4 is 14.8 Å². The fourth-order valence-corrected chi connectivity index (χ4v) is 3.16. The van der Waals surface area contributed by atoms with Crippen LogP contribution in [0.3, 0.4) is 0 Å². The molecular weight excluding hydrogens is 361 g/mol. The summed E-state index contributed by atoms with van der Waals surface area (Å²) in [6.45, 7) is 1.05. The monoisotopic (exact) mass is 373 g/mol. The minimum Gasteiger partial charge on any atom is -0.486 e. The molecule has 0 bridgehead atoms. The quantitative estimate of drug-likeness (QED) is 0.657. The third-order valence-electron chi connectivity index (χ3n) is 3.68. The van der Waals surface area contributed by atoms with Gasteiger partial charge in [-0.15, -0.1) is 0 Å². The Labute approximate surface area is 154 Å². The standard InChI is InChI=1S/C18H13Cl2N3O2/c19-16-15(11-6-7-13-14(10-11)25-9-8-24-13)17(20)23-18(22-16)21-12-4-2-1-3-5-12/h1-7,10H,8-9H2,(H,21,22,23). The number of hydrogen-bond acceptors (Lipinski definition) is 5. The van der Waals surface area contributed by atoms with Gasteiger partial charge in [-0.05, 0) is 29.8 Å². The van der Waals surface area contributed by atoms with Crippen molar-refractivity contribution in [3.8, 4) is 22.6 Å². The average molecular weight is 374 g/mol. The van der Waals surface area contributed by atoms with Gasteiger partial charge in [0.1, 0.15) is 23.5 Å². The molecule has 0 saturated heterocycles. The van der Waals surface area contributed by atoms with Crippen molar-refractivity contribution in [1.29, 1.82) is 0 Å². The molecule has 0 saturated carbocycles. The Balaban J connectivity index is 1.69. The zero-order chi connectivity index (χ0) is 17.2. The number of anilines is 2. The van der Waals surface area contributed by atoms with Crippen molar-refractivity contribution in [3.63, 3.8) is 0 Å². The molecule has 0 unspecified atom stereocenters. The van der Waals surface area contributed by atoms with Crippen LogP contribution in [-0.2, 0) is 0 Å². The van der Waals surface area contributed by atoms with Gasteiger partial charge in [0.05, 0.1) is 5.56 Å². The van der Waals surface area contributed by atoms with Crippen molar-refractivity contribution in [1.82, 2.24) is 9.97 Å². The van der Waals surface area contributed by atoms with Crippen molar-refractivity contribution in [3.05, 3.63) is 58.8 Å². The highest BCUT2D eigenvalue weighted by molar-refractivity contribution is 6.37. The first-order chi connectivity index (χ1) is 12.2. The summed E-state index contributed by atoms with van der Waals surface area (Å²) < 4.78 is 11.1. The van der Waals surface area contributed by atoms with Gasteiger partial charge < -0.3 is 14.8 Å². The van der Waals surface area contributed by atoms with Crippen LogP contribution in [0.2, 0.25) is 10.3 Å². The molecule has 1 aromatic heterocycles. The lowest BCUT2D eigenvalue weighted by atomic mass is 10.1. The Bertz CT molecular complexity index is 896. The highest BCUT2D eigenvalue weighted by Gasteiger charge is 2.18. The van der Waals surface area contributed by atoms with Crippen LogP contribution in [-0.4, -0.2) is 23.2 Å². The van der Waals surface area contributed by atoms with E-state index < -0.39 is 0 Å². The first-order valence-corrected chi connectivity index (χ1v) is 8.41. The van der Waals surface area contributed by atoms with E-state index in [2.05, 4.69) is 15.3 Å². The molecule has 0 amide bonds. The second kappa shape index (κ2) is 6.78. The lowest BCUT2D eigenvalue weighted by Gasteiger charge is -2.19. The Morgan fingerprint density at radius 1 is 0.840 bits per heavy atom. The van der Waals surface area contributed by atoms with Gasteiger partial charge in [-0.2, -0.15) is 0 Å². The molecule has 0 radical (unpaired) electrons. The summed E-state index contributed by atoms with van der Waals surface area (Å²) in [6.07, 6.45) is 0. The first-order valence-electron chi connectivity index (χ1n) is 7.66. The molecule has 1 aliphatic heterocycles. The molecule has 0 spiro atoms. The van der Waals surface area contributed by atoms with Crippen LogP contribution in [0.1, 0.15) is 0 Å². The van der Waals surface area contributed by atoms with Gasteiger partial charge in [0.25, 0.3) is 0 Å². The summed E-state index contributed by atoms with van der Waals surface area (Å²) in [5, 5.41) is 3.60. The summed E-state index contributed by atoms with van der Waals surface area (Å²) in [6, 6.07) is 15.1. The number of hydrogen-bond donors (Lipinski definition) is 1. The lowest BCUT2D eigenvalue weighted by molar-refractivity contribution is 0.171. The van der Waals surface area contributed by atoms with E-state index in [1.165, 1.54) is 0 Å². The van der Waals surface area contributed by atoms with Crippen molar-refractivity contribution < 1.29 is 9.47 Å². The molecule has 1 N–H and O–H groups in total. The molecule has 2 heterocycles. The third-order valence-corrected chi connectivity index (χ3v) is 4.23. The van der Waals surface area contributed by atoms with E-state index in [0.717, 1.165) is 11.3 Å². The summed E-state index contributed by atoms with van der Waals surface area (Å²) in [7, 11) is 0. The highest BCUT2D eigenvalue weighted by atomic mass is 35.5. The Hall–Kier alpha value is -2.50. The SMILES string of the molecule is Clc1nc(Nc2ccccc2)nc(Cl)c1-c1ccc2c(c1)OCCO2. The second-order valence-electron chi connectivity index (χ2n) is 5.35. The largest absolute Gasteiger partial charge is 0.486 e. The lowest BCUT2D eigenvalue weighted by Crippen LogP contribution is -2.15. The summed E-state index contributed by atoms with van der Waals surface area (Å²) >= 11 is 12.7. The van der Waals surface area contributed by atoms with Crippen molar-refractivity contribution >= 4 is 34.8 Å². The van der Waals surface area contributed by atoms with Gasteiger partial charge >= 0.3 is 0 Å². The fraction of sp³-hybridized carbons (Fsp3) is 0.111. The van der Waals surface area contributed by atoms with Gasteiger partial charge in [0.15, 0.2) is 11.5 Å². The van der Waals surface area contributed by atoms with Crippen molar-refractivity contribution in [2.24, 2.45) is 0 Å². The zero-order valence-electron chi connectivity index (χ0n) is 13.0. The fourth-order valence-electron chi connectivity index (χ4n) is 2.55. The van der Waals surface area contributed by atoms with Crippen LogP contribution >= 0.6 is 23.2 Å². The number of ether oxygens (including phenoxy) is 2. The van der Waals surface area contributed by atoms with E-state index in [4.69, 9.17) is 32.7 Å². The van der Waals surface area contributed by atoms with Gasteiger partial charge in [0, 0.05) is 5.69 Å². The summed E-state index contributed by atoms with van der Waals surface area (Å²) in [5.74, 6) is 1.69. The molecule has 0 aliphatic carbocycles. The minimum atomic E-state index is 0.259. The number of aromatic nitrogens is 2. The van der Waals surface area contributed by atoms with Crippen molar-refractivity contribution in [2.45, 2.75) is 0 Å².